The van der Waals surface area contributed by atoms with E-state index in [-0.39, 0.29) is 5.90 Å². The maximum atomic E-state index is 11.0. The van der Waals surface area contributed by atoms with Gasteiger partial charge < -0.3 is 4.84 Å². The molecule has 0 saturated carbocycles. The number of nitroso groups, excluding NO2 is 1. The number of hydrogen-bond acceptors (Lipinski definition) is 6. The Bertz CT molecular complexity index is 460. The Morgan fingerprint density at radius 2 is 2.12 bits per heavy atom. The molecule has 2 rings (SSSR count). The molecule has 0 spiro atoms. The van der Waals surface area contributed by atoms with Crippen LogP contribution in [0, 0.1) is 10.3 Å². The molecule has 0 aromatic heterocycles. The van der Waals surface area contributed by atoms with Crippen LogP contribution in [0.15, 0.2) is 40.7 Å². The third-order valence-corrected chi connectivity index (χ3v) is 3.37. The first-order valence-electron chi connectivity index (χ1n) is 4.54. The van der Waals surface area contributed by atoms with Gasteiger partial charge in [-0.1, -0.05) is 35.5 Å². The van der Waals surface area contributed by atoms with Gasteiger partial charge in [-0.15, -0.1) is 16.7 Å². The number of hydrogen-bond donors (Lipinski definition) is 1. The van der Waals surface area contributed by atoms with Crippen LogP contribution in [-0.2, 0) is 4.84 Å². The van der Waals surface area contributed by atoms with Crippen LogP contribution in [0.2, 0.25) is 0 Å². The molecule has 0 bridgehead atoms. The van der Waals surface area contributed by atoms with Crippen LogP contribution in [0.4, 0.5) is 0 Å². The highest BCUT2D eigenvalue weighted by molar-refractivity contribution is 8.01. The van der Waals surface area contributed by atoms with Crippen LogP contribution in [0.5, 0.6) is 0 Å². The predicted octanol–water partition coefficient (Wildman–Crippen LogP) is 2.22. The molecule has 1 aromatic rings. The Hall–Kier alpha value is -1.69. The lowest BCUT2D eigenvalue weighted by molar-refractivity contribution is 0.332. The van der Waals surface area contributed by atoms with E-state index in [4.69, 9.17) is 10.2 Å². The molecule has 82 valence electrons. The van der Waals surface area contributed by atoms with E-state index in [1.165, 1.54) is 0 Å². The lowest BCUT2D eigenvalue weighted by Gasteiger charge is -2.16. The van der Waals surface area contributed by atoms with Gasteiger partial charge in [-0.3, -0.25) is 5.41 Å². The maximum Gasteiger partial charge on any atom is 0.270 e. The molecular weight excluding hydrogens is 226 g/mol. The smallest absolute Gasteiger partial charge is 0.270 e. The van der Waals surface area contributed by atoms with E-state index >= 15 is 0 Å². The Morgan fingerprint density at radius 3 is 2.69 bits per heavy atom. The van der Waals surface area contributed by atoms with Crippen molar-refractivity contribution in [2.24, 2.45) is 10.3 Å². The highest BCUT2D eigenvalue weighted by atomic mass is 32.2. The summed E-state index contributed by atoms with van der Waals surface area (Å²) in [7, 11) is 0. The Balaban J connectivity index is 2.50. The Labute approximate surface area is 96.4 Å². The van der Waals surface area contributed by atoms with E-state index in [0.29, 0.717) is 5.71 Å². The molecule has 0 fully saturated rings. The van der Waals surface area contributed by atoms with E-state index < -0.39 is 4.87 Å². The third kappa shape index (κ3) is 1.42. The molecule has 1 aliphatic heterocycles. The predicted molar refractivity (Wildman–Crippen MR) is 63.8 cm³/mol. The van der Waals surface area contributed by atoms with Gasteiger partial charge in [-0.05, 0) is 11.4 Å². The van der Waals surface area contributed by atoms with E-state index in [0.717, 1.165) is 17.3 Å². The maximum absolute atomic E-state index is 11.0. The average molecular weight is 235 g/mol. The molecule has 1 unspecified atom stereocenters. The Morgan fingerprint density at radius 1 is 1.44 bits per heavy atom. The third-order valence-electron chi connectivity index (χ3n) is 2.33. The molecule has 1 N–H and O–H groups in total. The highest BCUT2D eigenvalue weighted by Crippen LogP contribution is 2.35. The lowest BCUT2D eigenvalue weighted by atomic mass is 10.0. The number of nitrogens with one attached hydrogen (secondary N) is 1. The Kier molecular flexibility index (Phi) is 2.74. The van der Waals surface area contributed by atoms with Gasteiger partial charge in [0.05, 0.1) is 0 Å². The van der Waals surface area contributed by atoms with Gasteiger partial charge in [0.25, 0.3) is 10.8 Å². The van der Waals surface area contributed by atoms with Gasteiger partial charge in [0.15, 0.2) is 0 Å². The summed E-state index contributed by atoms with van der Waals surface area (Å²) in [6, 6.07) is 9.12. The topological polar surface area (TPSA) is 74.9 Å². The molecule has 1 atom stereocenters. The van der Waals surface area contributed by atoms with Crippen molar-refractivity contribution in [3.63, 3.8) is 0 Å². The van der Waals surface area contributed by atoms with Crippen molar-refractivity contribution in [3.8, 4) is 0 Å². The number of thioether (sulfide) groups is 1. The summed E-state index contributed by atoms with van der Waals surface area (Å²) in [6.45, 7) is 0. The summed E-state index contributed by atoms with van der Waals surface area (Å²) >= 11 is 1.13. The van der Waals surface area contributed by atoms with Crippen molar-refractivity contribution in [3.05, 3.63) is 40.8 Å². The second-order valence-corrected chi connectivity index (χ2v) is 4.16. The number of oxime groups is 1. The number of nitrogens with zero attached hydrogens (tertiary/aromatic N) is 2. The molecule has 0 radical (unpaired) electrons. The van der Waals surface area contributed by atoms with Crippen LogP contribution in [0.1, 0.15) is 5.56 Å². The molecule has 1 heterocycles. The summed E-state index contributed by atoms with van der Waals surface area (Å²) in [4.78, 5) is 14.4. The van der Waals surface area contributed by atoms with Crippen molar-refractivity contribution >= 4 is 23.4 Å². The largest absolute Gasteiger partial charge is 0.337 e. The second-order valence-electron chi connectivity index (χ2n) is 3.17. The van der Waals surface area contributed by atoms with E-state index in [1.54, 1.807) is 18.4 Å². The number of benzene rings is 1. The summed E-state index contributed by atoms with van der Waals surface area (Å²) in [5.41, 5.74) is 1.11. The average Bonchev–Trinajstić information content (AvgIpc) is 2.68. The zero-order valence-corrected chi connectivity index (χ0v) is 9.32. The van der Waals surface area contributed by atoms with Crippen LogP contribution in [0.3, 0.4) is 0 Å². The lowest BCUT2D eigenvalue weighted by Crippen LogP contribution is -2.37. The van der Waals surface area contributed by atoms with E-state index in [1.807, 2.05) is 18.2 Å². The fourth-order valence-electron chi connectivity index (χ4n) is 1.48. The molecule has 6 heteroatoms. The van der Waals surface area contributed by atoms with Crippen molar-refractivity contribution < 1.29 is 4.84 Å². The van der Waals surface area contributed by atoms with Gasteiger partial charge in [-0.25, -0.2) is 0 Å². The first-order valence-corrected chi connectivity index (χ1v) is 5.76. The molecule has 0 aliphatic carbocycles. The molecular formula is C10H9N3O2S. The molecule has 5 nitrogen and oxygen atoms in total. The molecule has 1 aliphatic rings. The number of rotatable bonds is 3. The minimum Gasteiger partial charge on any atom is -0.337 e. The first-order chi connectivity index (χ1) is 7.74. The highest BCUT2D eigenvalue weighted by Gasteiger charge is 2.49. The normalized spacial score (nSPS) is 23.8. The minimum atomic E-state index is -1.35. The van der Waals surface area contributed by atoms with Crippen LogP contribution >= 0.6 is 11.8 Å². The SMILES string of the molecule is CSC1(N=O)C(=N)ON=C1c1ccccc1. The molecule has 1 aromatic carbocycles. The van der Waals surface area contributed by atoms with Crippen molar-refractivity contribution in [2.75, 3.05) is 6.26 Å². The van der Waals surface area contributed by atoms with Gasteiger partial charge >= 0.3 is 0 Å². The fourth-order valence-corrected chi connectivity index (χ4v) is 2.12. The fraction of sp³-hybridized carbons (Fsp3) is 0.200. The summed E-state index contributed by atoms with van der Waals surface area (Å²) in [5, 5.41) is 14.4. The first kappa shape index (κ1) is 10.8. The van der Waals surface area contributed by atoms with Crippen LogP contribution in [-0.4, -0.2) is 22.7 Å². The van der Waals surface area contributed by atoms with Crippen molar-refractivity contribution in [1.82, 2.24) is 0 Å². The van der Waals surface area contributed by atoms with Gasteiger partial charge in [0.2, 0.25) is 0 Å². The van der Waals surface area contributed by atoms with Crippen molar-refractivity contribution in [2.45, 2.75) is 4.87 Å². The summed E-state index contributed by atoms with van der Waals surface area (Å²) in [5.74, 6) is -0.242. The van der Waals surface area contributed by atoms with Crippen LogP contribution < -0.4 is 0 Å². The summed E-state index contributed by atoms with van der Waals surface area (Å²) in [6.07, 6.45) is 1.70. The van der Waals surface area contributed by atoms with E-state index in [2.05, 4.69) is 10.3 Å². The molecule has 0 amide bonds. The second kappa shape index (κ2) is 4.05. The van der Waals surface area contributed by atoms with Crippen molar-refractivity contribution in [1.29, 1.82) is 5.41 Å². The monoisotopic (exact) mass is 235 g/mol. The molecule has 16 heavy (non-hydrogen) atoms. The zero-order valence-electron chi connectivity index (χ0n) is 8.51. The summed E-state index contributed by atoms with van der Waals surface area (Å²) < 4.78 is 0. The van der Waals surface area contributed by atoms with Gasteiger partial charge in [0, 0.05) is 5.56 Å². The van der Waals surface area contributed by atoms with Gasteiger partial charge in [0.1, 0.15) is 5.71 Å². The standard InChI is InChI=1S/C10H9N3O2S/c1-16-10(13-14)8(12-15-9(10)11)7-5-3-2-4-6-7/h2-6,11H,1H3. The van der Waals surface area contributed by atoms with Gasteiger partial charge in [-0.2, -0.15) is 0 Å². The quantitative estimate of drug-likeness (QED) is 0.816. The molecule has 0 saturated heterocycles. The zero-order chi connectivity index (χ0) is 11.6. The van der Waals surface area contributed by atoms with E-state index in [9.17, 15) is 4.91 Å². The van der Waals surface area contributed by atoms with Crippen LogP contribution in [0.25, 0.3) is 0 Å². The minimum absolute atomic E-state index is 0.242.